The highest BCUT2D eigenvalue weighted by atomic mass is 32.1. The van der Waals surface area contributed by atoms with Gasteiger partial charge in [0.1, 0.15) is 0 Å². The number of aryl methyl sites for hydroxylation is 1. The smallest absolute Gasteiger partial charge is 0.303 e. The average Bonchev–Trinajstić information content (AvgIpc) is 3.38. The lowest BCUT2D eigenvalue weighted by Crippen LogP contribution is -2.29. The van der Waals surface area contributed by atoms with E-state index >= 15 is 0 Å². The second-order valence-corrected chi connectivity index (χ2v) is 9.40. The van der Waals surface area contributed by atoms with E-state index in [1.165, 1.54) is 16.5 Å². The first kappa shape index (κ1) is 27.4. The first-order chi connectivity index (χ1) is 17.9. The average molecular weight is 515 g/mol. The standard InChI is InChI=1S/C30H30N2O4S/c1-3-7-27(26(4-2)30(36)31-24-9-5-8-21(18-24)15-16-29(34)35)32-28(33)20-23-13-11-22(12-14-23)19-25-10-6-17-37-25/h3-14,17-18H,1,15-16,19-20H2,2H3,(H,31,36)(H,32,33)(H,34,35)/b26-4+,27-7+. The molecule has 1 heterocycles. The predicted octanol–water partition coefficient (Wildman–Crippen LogP) is 5.67. The van der Waals surface area contributed by atoms with E-state index in [0.29, 0.717) is 17.8 Å². The Balaban J connectivity index is 1.63. The molecule has 0 fully saturated rings. The third kappa shape index (κ3) is 8.74. The highest BCUT2D eigenvalue weighted by molar-refractivity contribution is 7.09. The Morgan fingerprint density at radius 1 is 1.00 bits per heavy atom. The van der Waals surface area contributed by atoms with Crippen LogP contribution >= 0.6 is 11.3 Å². The fraction of sp³-hybridized carbons (Fsp3) is 0.167. The SMILES string of the molecule is C=C/C=C(NC(=O)Cc1ccc(Cc2cccs2)cc1)\C(=C/C)C(=O)Nc1cccc(CCC(=O)O)c1. The predicted molar refractivity (Wildman–Crippen MR) is 148 cm³/mol. The molecule has 37 heavy (non-hydrogen) atoms. The number of anilines is 1. The van der Waals surface area contributed by atoms with E-state index in [9.17, 15) is 14.4 Å². The van der Waals surface area contributed by atoms with Crippen molar-refractivity contribution in [2.24, 2.45) is 0 Å². The molecule has 3 N–H and O–H groups in total. The van der Waals surface area contributed by atoms with E-state index in [1.807, 2.05) is 36.4 Å². The van der Waals surface area contributed by atoms with Crippen molar-refractivity contribution >= 4 is 34.8 Å². The zero-order valence-electron chi connectivity index (χ0n) is 20.7. The quantitative estimate of drug-likeness (QED) is 0.214. The van der Waals surface area contributed by atoms with Crippen LogP contribution < -0.4 is 10.6 Å². The Morgan fingerprint density at radius 2 is 1.76 bits per heavy atom. The van der Waals surface area contributed by atoms with Crippen LogP contribution in [-0.2, 0) is 33.6 Å². The van der Waals surface area contributed by atoms with Crippen LogP contribution in [0.2, 0.25) is 0 Å². The molecule has 0 saturated carbocycles. The maximum Gasteiger partial charge on any atom is 0.303 e. The Bertz CT molecular complexity index is 1310. The maximum atomic E-state index is 13.0. The first-order valence-electron chi connectivity index (χ1n) is 11.9. The van der Waals surface area contributed by atoms with Crippen molar-refractivity contribution < 1.29 is 19.5 Å². The van der Waals surface area contributed by atoms with Crippen LogP contribution in [0.4, 0.5) is 5.69 Å². The molecule has 190 valence electrons. The monoisotopic (exact) mass is 514 g/mol. The molecule has 0 aliphatic rings. The third-order valence-electron chi connectivity index (χ3n) is 5.54. The van der Waals surface area contributed by atoms with Gasteiger partial charge in [0.05, 0.1) is 17.7 Å². The number of carboxylic acids is 1. The summed E-state index contributed by atoms with van der Waals surface area (Å²) in [5.41, 5.74) is 4.03. The van der Waals surface area contributed by atoms with Gasteiger partial charge in [-0.05, 0) is 59.7 Å². The lowest BCUT2D eigenvalue weighted by molar-refractivity contribution is -0.137. The largest absolute Gasteiger partial charge is 0.481 e. The van der Waals surface area contributed by atoms with Gasteiger partial charge in [-0.1, -0.05) is 61.2 Å². The molecule has 0 aliphatic carbocycles. The summed E-state index contributed by atoms with van der Waals surface area (Å²) in [6, 6.07) is 19.1. The van der Waals surface area contributed by atoms with Crippen LogP contribution in [0.3, 0.4) is 0 Å². The second kappa shape index (κ2) is 13.8. The van der Waals surface area contributed by atoms with E-state index in [0.717, 1.165) is 17.5 Å². The number of allylic oxidation sites excluding steroid dienone is 3. The van der Waals surface area contributed by atoms with Gasteiger partial charge in [0.2, 0.25) is 5.91 Å². The van der Waals surface area contributed by atoms with Crippen molar-refractivity contribution in [3.8, 4) is 0 Å². The molecule has 6 nitrogen and oxygen atoms in total. The molecular formula is C30H30N2O4S. The van der Waals surface area contributed by atoms with Gasteiger partial charge in [0, 0.05) is 23.4 Å². The van der Waals surface area contributed by atoms with Crippen LogP contribution in [0.5, 0.6) is 0 Å². The number of rotatable bonds is 12. The fourth-order valence-electron chi connectivity index (χ4n) is 3.75. The zero-order chi connectivity index (χ0) is 26.6. The minimum atomic E-state index is -0.880. The molecule has 7 heteroatoms. The number of aliphatic carboxylic acids is 1. The Hall–Kier alpha value is -4.23. The van der Waals surface area contributed by atoms with Gasteiger partial charge in [-0.15, -0.1) is 11.3 Å². The summed E-state index contributed by atoms with van der Waals surface area (Å²) in [4.78, 5) is 38.0. The molecular weight excluding hydrogens is 484 g/mol. The number of nitrogens with one attached hydrogen (secondary N) is 2. The van der Waals surface area contributed by atoms with Gasteiger partial charge in [0.25, 0.3) is 5.91 Å². The highest BCUT2D eigenvalue weighted by Crippen LogP contribution is 2.18. The van der Waals surface area contributed by atoms with Crippen molar-refractivity contribution in [1.82, 2.24) is 5.32 Å². The van der Waals surface area contributed by atoms with Gasteiger partial charge in [0.15, 0.2) is 0 Å². The summed E-state index contributed by atoms with van der Waals surface area (Å²) in [5, 5.41) is 16.6. The zero-order valence-corrected chi connectivity index (χ0v) is 21.5. The topological polar surface area (TPSA) is 95.5 Å². The minimum Gasteiger partial charge on any atom is -0.481 e. The van der Waals surface area contributed by atoms with Gasteiger partial charge in [-0.3, -0.25) is 14.4 Å². The van der Waals surface area contributed by atoms with Gasteiger partial charge < -0.3 is 15.7 Å². The van der Waals surface area contributed by atoms with Crippen molar-refractivity contribution in [3.05, 3.63) is 124 Å². The van der Waals surface area contributed by atoms with Crippen molar-refractivity contribution in [1.29, 1.82) is 0 Å². The van der Waals surface area contributed by atoms with Crippen LogP contribution in [-0.4, -0.2) is 22.9 Å². The van der Waals surface area contributed by atoms with Gasteiger partial charge in [-0.2, -0.15) is 0 Å². The molecule has 0 bridgehead atoms. The Morgan fingerprint density at radius 3 is 2.41 bits per heavy atom. The van der Waals surface area contributed by atoms with Gasteiger partial charge in [-0.25, -0.2) is 0 Å². The molecule has 0 unspecified atom stereocenters. The lowest BCUT2D eigenvalue weighted by atomic mass is 10.1. The second-order valence-electron chi connectivity index (χ2n) is 8.36. The molecule has 3 aromatic rings. The van der Waals surface area contributed by atoms with E-state index in [4.69, 9.17) is 5.11 Å². The number of hydrogen-bond acceptors (Lipinski definition) is 4. The first-order valence-corrected chi connectivity index (χ1v) is 12.8. The summed E-state index contributed by atoms with van der Waals surface area (Å²) in [6.45, 7) is 5.42. The molecule has 1 aromatic heterocycles. The molecule has 2 amide bonds. The highest BCUT2D eigenvalue weighted by Gasteiger charge is 2.17. The van der Waals surface area contributed by atoms with Crippen LogP contribution in [0.25, 0.3) is 0 Å². The number of carbonyl (C=O) groups excluding carboxylic acids is 2. The summed E-state index contributed by atoms with van der Waals surface area (Å²) in [6.07, 6.45) is 6.11. The van der Waals surface area contributed by atoms with E-state index < -0.39 is 11.9 Å². The van der Waals surface area contributed by atoms with Crippen LogP contribution in [0, 0.1) is 0 Å². The van der Waals surface area contributed by atoms with Crippen molar-refractivity contribution in [2.75, 3.05) is 5.32 Å². The van der Waals surface area contributed by atoms with Gasteiger partial charge >= 0.3 is 5.97 Å². The molecule has 0 saturated heterocycles. The molecule has 3 rings (SSSR count). The molecule has 0 spiro atoms. The Labute approximate surface area is 221 Å². The Kier molecular flexibility index (Phi) is 10.2. The van der Waals surface area contributed by atoms with E-state index in [-0.39, 0.29) is 24.3 Å². The number of benzene rings is 2. The fourth-order valence-corrected chi connectivity index (χ4v) is 4.49. The van der Waals surface area contributed by atoms with Crippen LogP contribution in [0.1, 0.15) is 34.9 Å². The maximum absolute atomic E-state index is 13.0. The van der Waals surface area contributed by atoms with E-state index in [2.05, 4.69) is 28.7 Å². The number of amides is 2. The molecule has 0 atom stereocenters. The summed E-state index contributed by atoms with van der Waals surface area (Å²) < 4.78 is 0. The lowest BCUT2D eigenvalue weighted by Gasteiger charge is -2.14. The molecule has 0 radical (unpaired) electrons. The number of thiophene rings is 1. The molecule has 0 aliphatic heterocycles. The summed E-state index contributed by atoms with van der Waals surface area (Å²) in [5.74, 6) is -1.53. The number of carboxylic acid groups (broad SMARTS) is 1. The third-order valence-corrected chi connectivity index (χ3v) is 6.42. The summed E-state index contributed by atoms with van der Waals surface area (Å²) >= 11 is 1.72. The summed E-state index contributed by atoms with van der Waals surface area (Å²) in [7, 11) is 0. The van der Waals surface area contributed by atoms with Crippen molar-refractivity contribution in [2.45, 2.75) is 32.6 Å². The van der Waals surface area contributed by atoms with Crippen molar-refractivity contribution in [3.63, 3.8) is 0 Å². The molecule has 2 aromatic carbocycles. The normalized spacial score (nSPS) is 11.6. The van der Waals surface area contributed by atoms with Crippen LogP contribution in [0.15, 0.2) is 102 Å². The minimum absolute atomic E-state index is 0.00707. The number of hydrogen-bond donors (Lipinski definition) is 3. The van der Waals surface area contributed by atoms with E-state index in [1.54, 1.807) is 48.6 Å². The number of carbonyl (C=O) groups is 3.